The van der Waals surface area contributed by atoms with Crippen molar-refractivity contribution in [2.45, 2.75) is 5.03 Å². The lowest BCUT2D eigenvalue weighted by atomic mass is 9.97. The van der Waals surface area contributed by atoms with Crippen LogP contribution in [0, 0.1) is 22.7 Å². The number of phenols is 2. The first-order chi connectivity index (χ1) is 14.3. The van der Waals surface area contributed by atoms with E-state index in [4.69, 9.17) is 5.73 Å². The number of nitrogen functional groups attached to an aromatic ring is 1. The van der Waals surface area contributed by atoms with Gasteiger partial charge in [-0.3, -0.25) is 10.5 Å². The fourth-order valence-corrected chi connectivity index (χ4v) is 3.96. The summed E-state index contributed by atoms with van der Waals surface area (Å²) in [5.41, 5.74) is 7.62. The number of rotatable bonds is 5. The molecule has 0 saturated heterocycles. The zero-order valence-corrected chi connectivity index (χ0v) is 17.7. The summed E-state index contributed by atoms with van der Waals surface area (Å²) >= 11 is 4.41. The summed E-state index contributed by atoms with van der Waals surface area (Å²) in [6.07, 6.45) is 0. The Bertz CT molecular complexity index is 1230. The minimum Gasteiger partial charge on any atom is -0.504 e. The third kappa shape index (κ3) is 4.23. The molecule has 0 aliphatic rings. The molecule has 0 spiro atoms. The summed E-state index contributed by atoms with van der Waals surface area (Å²) in [6.45, 7) is 0. The van der Waals surface area contributed by atoms with Crippen molar-refractivity contribution in [3.8, 4) is 34.8 Å². The van der Waals surface area contributed by atoms with Crippen LogP contribution in [0.1, 0.15) is 21.5 Å². The lowest BCUT2D eigenvalue weighted by Crippen LogP contribution is -2.19. The number of halogens is 1. The maximum Gasteiger partial charge on any atom is 0.289 e. The standard InChI is InChI=1S/C21H13BrN4O3S/c22-13-4-1-11(2-5-13)19-14(8-23)20(25)26-21(15(19)9-24)30-10-18(29)12-3-6-16(27)17(28)7-12/h1-7,27-28H,10H2,(H2,25,26)/p+1. The molecule has 0 radical (unpaired) electrons. The Balaban J connectivity index is 2.00. The molecule has 0 aliphatic heterocycles. The zero-order chi connectivity index (χ0) is 21.8. The van der Waals surface area contributed by atoms with Crippen molar-refractivity contribution in [2.75, 3.05) is 11.5 Å². The van der Waals surface area contributed by atoms with Gasteiger partial charge in [0, 0.05) is 15.6 Å². The third-order valence-electron chi connectivity index (χ3n) is 4.25. The third-order valence-corrected chi connectivity index (χ3v) is 5.78. The number of nitriles is 2. The second kappa shape index (κ2) is 8.87. The molecular formula is C21H14BrN4O3S+. The average Bonchev–Trinajstić information content (AvgIpc) is 2.74. The number of ketones is 1. The number of benzene rings is 2. The lowest BCUT2D eigenvalue weighted by molar-refractivity contribution is -0.410. The predicted octanol–water partition coefficient (Wildman–Crippen LogP) is 3.64. The minimum atomic E-state index is -0.393. The molecule has 0 bridgehead atoms. The molecule has 7 nitrogen and oxygen atoms in total. The van der Waals surface area contributed by atoms with Gasteiger partial charge in [-0.2, -0.15) is 10.5 Å². The molecule has 3 rings (SSSR count). The number of pyridine rings is 1. The molecule has 30 heavy (non-hydrogen) atoms. The number of aromatic amines is 1. The number of phenolic OH excluding ortho intramolecular Hbond substituents is 2. The number of carbonyl (C=O) groups excluding carboxylic acids is 1. The number of hydrogen-bond acceptors (Lipinski definition) is 7. The number of aromatic hydroxyl groups is 2. The van der Waals surface area contributed by atoms with Crippen LogP contribution in [0.2, 0.25) is 0 Å². The molecule has 0 saturated carbocycles. The van der Waals surface area contributed by atoms with Crippen molar-refractivity contribution in [3.63, 3.8) is 0 Å². The van der Waals surface area contributed by atoms with Crippen LogP contribution in [0.3, 0.4) is 0 Å². The van der Waals surface area contributed by atoms with Gasteiger partial charge in [0.05, 0.1) is 5.75 Å². The predicted molar refractivity (Wildman–Crippen MR) is 115 cm³/mol. The number of H-pyrrole nitrogens is 1. The Morgan fingerprint density at radius 3 is 2.33 bits per heavy atom. The van der Waals surface area contributed by atoms with Crippen LogP contribution in [0.5, 0.6) is 11.5 Å². The average molecular weight is 482 g/mol. The molecule has 0 amide bonds. The highest BCUT2D eigenvalue weighted by molar-refractivity contribution is 9.10. The van der Waals surface area contributed by atoms with E-state index >= 15 is 0 Å². The highest BCUT2D eigenvalue weighted by atomic mass is 79.9. The number of Topliss-reactive ketones (excluding diaryl/α,β-unsaturated/α-hetero) is 1. The van der Waals surface area contributed by atoms with E-state index in [2.05, 4.69) is 27.0 Å². The maximum atomic E-state index is 12.5. The number of aromatic nitrogens is 1. The zero-order valence-electron chi connectivity index (χ0n) is 15.3. The van der Waals surface area contributed by atoms with Crippen LogP contribution < -0.4 is 10.7 Å². The normalized spacial score (nSPS) is 10.2. The van der Waals surface area contributed by atoms with Crippen LogP contribution in [0.15, 0.2) is 52.0 Å². The molecule has 1 heterocycles. The molecule has 9 heteroatoms. The summed E-state index contributed by atoms with van der Waals surface area (Å²) in [7, 11) is 0. The smallest absolute Gasteiger partial charge is 0.289 e. The van der Waals surface area contributed by atoms with Gasteiger partial charge in [-0.05, 0) is 35.9 Å². The lowest BCUT2D eigenvalue weighted by Gasteiger charge is -2.10. The van der Waals surface area contributed by atoms with E-state index in [-0.39, 0.29) is 39.8 Å². The summed E-state index contributed by atoms with van der Waals surface area (Å²) < 4.78 is 0.844. The number of carbonyl (C=O) groups is 1. The topological polar surface area (TPSA) is 145 Å². The van der Waals surface area contributed by atoms with Crippen LogP contribution in [0.25, 0.3) is 11.1 Å². The SMILES string of the molecule is N#Cc1c(N)[nH+]c(SCC(=O)c2ccc(O)c(O)c2)c(C#N)c1-c1ccc(Br)cc1. The number of thioether (sulfide) groups is 1. The first-order valence-electron chi connectivity index (χ1n) is 8.48. The van der Waals surface area contributed by atoms with Crippen LogP contribution in [0.4, 0.5) is 5.82 Å². The Hall–Kier alpha value is -3.53. The molecule has 0 atom stereocenters. The molecule has 2 aromatic carbocycles. The maximum absolute atomic E-state index is 12.5. The van der Waals surface area contributed by atoms with E-state index in [9.17, 15) is 25.5 Å². The monoisotopic (exact) mass is 481 g/mol. The number of nitrogens with zero attached hydrogens (tertiary/aromatic N) is 2. The van der Waals surface area contributed by atoms with Gasteiger partial charge in [0.2, 0.25) is 0 Å². The second-order valence-electron chi connectivity index (χ2n) is 6.14. The van der Waals surface area contributed by atoms with Gasteiger partial charge in [0.25, 0.3) is 5.82 Å². The molecule has 3 aromatic rings. The highest BCUT2D eigenvalue weighted by Gasteiger charge is 2.24. The van der Waals surface area contributed by atoms with Crippen molar-refractivity contribution < 1.29 is 20.0 Å². The van der Waals surface area contributed by atoms with E-state index in [1.165, 1.54) is 18.2 Å². The van der Waals surface area contributed by atoms with Crippen molar-refractivity contribution in [1.82, 2.24) is 0 Å². The molecule has 0 fully saturated rings. The van der Waals surface area contributed by atoms with Crippen molar-refractivity contribution in [2.24, 2.45) is 0 Å². The Labute approximate surface area is 184 Å². The Morgan fingerprint density at radius 1 is 1.07 bits per heavy atom. The highest BCUT2D eigenvalue weighted by Crippen LogP contribution is 2.34. The van der Waals surface area contributed by atoms with Crippen molar-refractivity contribution in [1.29, 1.82) is 10.5 Å². The van der Waals surface area contributed by atoms with Crippen LogP contribution in [-0.2, 0) is 0 Å². The van der Waals surface area contributed by atoms with Gasteiger partial charge < -0.3 is 10.2 Å². The van der Waals surface area contributed by atoms with Crippen LogP contribution in [-0.4, -0.2) is 21.7 Å². The molecule has 5 N–H and O–H groups in total. The molecule has 148 valence electrons. The van der Waals surface area contributed by atoms with Crippen molar-refractivity contribution in [3.05, 3.63) is 63.6 Å². The molecule has 0 unspecified atom stereocenters. The van der Waals surface area contributed by atoms with Gasteiger partial charge in [-0.25, -0.2) is 4.98 Å². The molecule has 0 aliphatic carbocycles. The van der Waals surface area contributed by atoms with E-state index in [0.717, 1.165) is 16.2 Å². The Morgan fingerprint density at radius 2 is 1.73 bits per heavy atom. The first-order valence-corrected chi connectivity index (χ1v) is 10.3. The number of anilines is 1. The largest absolute Gasteiger partial charge is 0.504 e. The number of nitrogens with one attached hydrogen (secondary N) is 1. The molecular weight excluding hydrogens is 468 g/mol. The number of nitrogens with two attached hydrogens (primary N) is 1. The van der Waals surface area contributed by atoms with E-state index < -0.39 is 5.75 Å². The number of hydrogen-bond donors (Lipinski definition) is 3. The summed E-state index contributed by atoms with van der Waals surface area (Å²) in [5, 5.41) is 38.7. The van der Waals surface area contributed by atoms with Crippen molar-refractivity contribution >= 4 is 39.3 Å². The van der Waals surface area contributed by atoms with Gasteiger partial charge in [0.15, 0.2) is 22.3 Å². The quantitative estimate of drug-likeness (QED) is 0.286. The minimum absolute atomic E-state index is 0.0550. The Kier molecular flexibility index (Phi) is 6.26. The molecule has 1 aromatic heterocycles. The van der Waals surface area contributed by atoms with Crippen LogP contribution >= 0.6 is 27.7 Å². The fourth-order valence-electron chi connectivity index (χ4n) is 2.77. The van der Waals surface area contributed by atoms with E-state index in [1.807, 2.05) is 6.07 Å². The fraction of sp³-hybridized carbons (Fsp3) is 0.0476. The second-order valence-corrected chi connectivity index (χ2v) is 8.04. The van der Waals surface area contributed by atoms with E-state index in [1.54, 1.807) is 24.3 Å². The van der Waals surface area contributed by atoms with Gasteiger partial charge in [-0.1, -0.05) is 39.8 Å². The van der Waals surface area contributed by atoms with Gasteiger partial charge in [-0.15, -0.1) is 0 Å². The van der Waals surface area contributed by atoms with E-state index in [0.29, 0.717) is 16.2 Å². The van der Waals surface area contributed by atoms with Gasteiger partial charge >= 0.3 is 0 Å². The first kappa shape index (κ1) is 21.2. The van der Waals surface area contributed by atoms with Gasteiger partial charge in [0.1, 0.15) is 23.3 Å². The summed E-state index contributed by atoms with van der Waals surface area (Å²) in [5.74, 6) is -0.999. The summed E-state index contributed by atoms with van der Waals surface area (Å²) in [6, 6.07) is 15.0. The summed E-state index contributed by atoms with van der Waals surface area (Å²) in [4.78, 5) is 15.3.